The lowest BCUT2D eigenvalue weighted by Crippen LogP contribution is -2.31. The minimum Gasteiger partial charge on any atom is -0.496 e. The molecule has 0 spiro atoms. The van der Waals surface area contributed by atoms with Gasteiger partial charge in [-0.2, -0.15) is 0 Å². The van der Waals surface area contributed by atoms with Crippen LogP contribution >= 0.6 is 11.3 Å². The number of aromatic nitrogens is 2. The number of hydrogen-bond donors (Lipinski definition) is 0. The quantitative estimate of drug-likeness (QED) is 0.438. The van der Waals surface area contributed by atoms with Crippen LogP contribution in [-0.2, 0) is 17.8 Å². The molecule has 0 aliphatic heterocycles. The van der Waals surface area contributed by atoms with Crippen LogP contribution in [0.15, 0.2) is 60.9 Å². The first-order chi connectivity index (χ1) is 14.5. The number of carbonyl (C=O) groups excluding carboxylic acids is 1. The van der Waals surface area contributed by atoms with Crippen LogP contribution in [0, 0.1) is 13.8 Å². The number of carbonyl (C=O) groups is 1. The van der Waals surface area contributed by atoms with Crippen molar-refractivity contribution in [2.75, 3.05) is 12.0 Å². The highest BCUT2D eigenvalue weighted by Crippen LogP contribution is 2.32. The molecule has 6 heteroatoms. The van der Waals surface area contributed by atoms with Gasteiger partial charge in [0, 0.05) is 12.4 Å². The molecule has 0 fully saturated rings. The van der Waals surface area contributed by atoms with Crippen LogP contribution in [0.4, 0.5) is 5.13 Å². The van der Waals surface area contributed by atoms with Crippen molar-refractivity contribution < 1.29 is 9.53 Å². The Balaban J connectivity index is 1.68. The van der Waals surface area contributed by atoms with E-state index in [1.165, 1.54) is 0 Å². The average molecular weight is 418 g/mol. The van der Waals surface area contributed by atoms with Crippen LogP contribution in [0.5, 0.6) is 5.75 Å². The van der Waals surface area contributed by atoms with E-state index in [-0.39, 0.29) is 5.91 Å². The molecular formula is C24H23N3O2S. The molecule has 4 aromatic rings. The van der Waals surface area contributed by atoms with E-state index >= 15 is 0 Å². The maximum atomic E-state index is 13.4. The maximum absolute atomic E-state index is 13.4. The van der Waals surface area contributed by atoms with Gasteiger partial charge in [0.1, 0.15) is 5.75 Å². The van der Waals surface area contributed by atoms with Gasteiger partial charge in [0.2, 0.25) is 5.91 Å². The van der Waals surface area contributed by atoms with E-state index in [1.807, 2.05) is 62.4 Å². The van der Waals surface area contributed by atoms with Crippen LogP contribution in [0.3, 0.4) is 0 Å². The predicted molar refractivity (Wildman–Crippen MR) is 121 cm³/mol. The largest absolute Gasteiger partial charge is 0.496 e. The molecule has 0 bridgehead atoms. The van der Waals surface area contributed by atoms with Crippen molar-refractivity contribution in [3.8, 4) is 5.75 Å². The van der Waals surface area contributed by atoms with Crippen LogP contribution in [-0.4, -0.2) is 23.0 Å². The number of fused-ring (bicyclic) bond motifs is 1. The number of anilines is 1. The fourth-order valence-corrected chi connectivity index (χ4v) is 4.51. The molecule has 0 unspecified atom stereocenters. The zero-order valence-electron chi connectivity index (χ0n) is 17.3. The van der Waals surface area contributed by atoms with E-state index in [0.29, 0.717) is 18.1 Å². The van der Waals surface area contributed by atoms with E-state index in [2.05, 4.69) is 4.98 Å². The lowest BCUT2D eigenvalue weighted by molar-refractivity contribution is -0.118. The fourth-order valence-electron chi connectivity index (χ4n) is 3.45. The summed E-state index contributed by atoms with van der Waals surface area (Å²) in [5.41, 5.74) is 4.98. The number of amides is 1. The summed E-state index contributed by atoms with van der Waals surface area (Å²) < 4.78 is 6.41. The van der Waals surface area contributed by atoms with Crippen molar-refractivity contribution >= 4 is 32.6 Å². The Morgan fingerprint density at radius 1 is 1.07 bits per heavy atom. The van der Waals surface area contributed by atoms with Gasteiger partial charge in [-0.05, 0) is 54.3 Å². The van der Waals surface area contributed by atoms with E-state index in [9.17, 15) is 4.79 Å². The monoisotopic (exact) mass is 417 g/mol. The second-order valence-electron chi connectivity index (χ2n) is 7.24. The minimum atomic E-state index is 0.000120. The Labute approximate surface area is 180 Å². The van der Waals surface area contributed by atoms with Gasteiger partial charge in [-0.25, -0.2) is 4.98 Å². The summed E-state index contributed by atoms with van der Waals surface area (Å²) in [4.78, 5) is 24.1. The first-order valence-electron chi connectivity index (χ1n) is 9.74. The highest BCUT2D eigenvalue weighted by Gasteiger charge is 2.21. The molecule has 0 saturated carbocycles. The average Bonchev–Trinajstić information content (AvgIpc) is 3.18. The normalized spacial score (nSPS) is 10.9. The highest BCUT2D eigenvalue weighted by atomic mass is 32.1. The molecule has 2 heterocycles. The Morgan fingerprint density at radius 2 is 1.93 bits per heavy atom. The summed E-state index contributed by atoms with van der Waals surface area (Å²) >= 11 is 1.54. The number of benzene rings is 2. The predicted octanol–water partition coefficient (Wildman–Crippen LogP) is 5.09. The van der Waals surface area contributed by atoms with Crippen molar-refractivity contribution in [1.82, 2.24) is 9.97 Å². The lowest BCUT2D eigenvalue weighted by Gasteiger charge is -2.20. The summed E-state index contributed by atoms with van der Waals surface area (Å²) in [6.07, 6.45) is 3.81. The summed E-state index contributed by atoms with van der Waals surface area (Å²) in [5.74, 6) is 0.820. The molecule has 0 saturated heterocycles. The SMILES string of the molecule is COc1ccc(CC(=O)N(Cc2cccnc2)c2nc3c(C)cccc3s2)cc1C. The molecule has 0 aliphatic carbocycles. The highest BCUT2D eigenvalue weighted by molar-refractivity contribution is 7.22. The fraction of sp³-hybridized carbons (Fsp3) is 0.208. The summed E-state index contributed by atoms with van der Waals surface area (Å²) in [6, 6.07) is 15.8. The Bertz CT molecular complexity index is 1190. The second kappa shape index (κ2) is 8.63. The van der Waals surface area contributed by atoms with Crippen molar-refractivity contribution in [2.24, 2.45) is 0 Å². The number of ether oxygens (including phenoxy) is 1. The zero-order chi connectivity index (χ0) is 21.1. The van der Waals surface area contributed by atoms with Gasteiger partial charge in [0.25, 0.3) is 0 Å². The minimum absolute atomic E-state index is 0.000120. The summed E-state index contributed by atoms with van der Waals surface area (Å²) in [5, 5.41) is 0.707. The molecule has 30 heavy (non-hydrogen) atoms. The smallest absolute Gasteiger partial charge is 0.233 e. The summed E-state index contributed by atoms with van der Waals surface area (Å²) in [7, 11) is 1.65. The standard InChI is InChI=1S/C24H23N3O2S/c1-16-6-4-8-21-23(16)26-24(30-21)27(15-19-7-5-11-25-14-19)22(28)13-18-9-10-20(29-3)17(2)12-18/h4-12,14H,13,15H2,1-3H3. The van der Waals surface area contributed by atoms with Gasteiger partial charge in [-0.3, -0.25) is 14.7 Å². The van der Waals surface area contributed by atoms with E-state index in [1.54, 1.807) is 35.7 Å². The first kappa shape index (κ1) is 20.0. The molecule has 152 valence electrons. The summed E-state index contributed by atoms with van der Waals surface area (Å²) in [6.45, 7) is 4.45. The van der Waals surface area contributed by atoms with Gasteiger partial charge in [0.15, 0.2) is 5.13 Å². The topological polar surface area (TPSA) is 55.3 Å². The number of rotatable bonds is 6. The van der Waals surface area contributed by atoms with Gasteiger partial charge in [0.05, 0.1) is 30.3 Å². The van der Waals surface area contributed by atoms with Gasteiger partial charge in [-0.1, -0.05) is 41.7 Å². The number of hydrogen-bond acceptors (Lipinski definition) is 5. The van der Waals surface area contributed by atoms with Crippen LogP contribution in [0.25, 0.3) is 10.2 Å². The second-order valence-corrected chi connectivity index (χ2v) is 8.25. The molecule has 1 amide bonds. The van der Waals surface area contributed by atoms with E-state index in [0.717, 1.165) is 38.2 Å². The van der Waals surface area contributed by atoms with E-state index in [4.69, 9.17) is 9.72 Å². The number of nitrogens with zero attached hydrogens (tertiary/aromatic N) is 3. The zero-order valence-corrected chi connectivity index (χ0v) is 18.1. The molecule has 0 aliphatic rings. The van der Waals surface area contributed by atoms with Crippen LogP contribution < -0.4 is 9.64 Å². The van der Waals surface area contributed by atoms with Crippen molar-refractivity contribution in [1.29, 1.82) is 0 Å². The van der Waals surface area contributed by atoms with Crippen LogP contribution in [0.1, 0.15) is 22.3 Å². The number of methoxy groups -OCH3 is 1. The third-order valence-corrected chi connectivity index (χ3v) is 6.06. The third-order valence-electron chi connectivity index (χ3n) is 5.02. The molecule has 0 radical (unpaired) electrons. The third kappa shape index (κ3) is 4.19. The van der Waals surface area contributed by atoms with Crippen LogP contribution in [0.2, 0.25) is 0 Å². The molecule has 0 atom stereocenters. The maximum Gasteiger partial charge on any atom is 0.233 e. The molecule has 4 rings (SSSR count). The number of thiazole rings is 1. The Hall–Kier alpha value is -3.25. The van der Waals surface area contributed by atoms with Gasteiger partial charge >= 0.3 is 0 Å². The molecule has 5 nitrogen and oxygen atoms in total. The Kier molecular flexibility index (Phi) is 5.77. The number of pyridine rings is 1. The molecule has 2 aromatic carbocycles. The van der Waals surface area contributed by atoms with Crippen molar-refractivity contribution in [3.63, 3.8) is 0 Å². The van der Waals surface area contributed by atoms with E-state index < -0.39 is 0 Å². The number of aryl methyl sites for hydroxylation is 2. The van der Waals surface area contributed by atoms with Gasteiger partial charge in [-0.15, -0.1) is 0 Å². The number of para-hydroxylation sites is 1. The lowest BCUT2D eigenvalue weighted by atomic mass is 10.1. The molecule has 2 aromatic heterocycles. The van der Waals surface area contributed by atoms with Crippen molar-refractivity contribution in [2.45, 2.75) is 26.8 Å². The Morgan fingerprint density at radius 3 is 2.63 bits per heavy atom. The van der Waals surface area contributed by atoms with Gasteiger partial charge < -0.3 is 4.74 Å². The molecule has 0 N–H and O–H groups in total. The van der Waals surface area contributed by atoms with Crippen molar-refractivity contribution in [3.05, 3.63) is 83.2 Å². The first-order valence-corrected chi connectivity index (χ1v) is 10.6. The molecular weight excluding hydrogens is 394 g/mol.